The first-order valence-electron chi connectivity index (χ1n) is 6.97. The molecule has 5 nitrogen and oxygen atoms in total. The molecular formula is C16H15Cl2NO4S. The van der Waals surface area contributed by atoms with Crippen molar-refractivity contribution in [2.75, 3.05) is 0 Å². The average Bonchev–Trinajstić information content (AvgIpc) is 2.55. The van der Waals surface area contributed by atoms with Crippen LogP contribution >= 0.6 is 23.2 Å². The Labute approximate surface area is 150 Å². The molecule has 0 bridgehead atoms. The number of nitrogens with one attached hydrogen (secondary N) is 1. The zero-order valence-corrected chi connectivity index (χ0v) is 15.0. The molecule has 2 rings (SSSR count). The van der Waals surface area contributed by atoms with E-state index in [1.165, 1.54) is 25.1 Å². The summed E-state index contributed by atoms with van der Waals surface area (Å²) in [6.45, 7) is 1.47. The summed E-state index contributed by atoms with van der Waals surface area (Å²) in [6, 6.07) is 11.9. The Morgan fingerprint density at radius 3 is 2.42 bits per heavy atom. The quantitative estimate of drug-likeness (QED) is 0.770. The van der Waals surface area contributed by atoms with E-state index in [9.17, 15) is 13.2 Å². The number of sulfonamides is 1. The van der Waals surface area contributed by atoms with Gasteiger partial charge in [0.15, 0.2) is 0 Å². The number of esters is 1. The molecule has 128 valence electrons. The molecule has 8 heteroatoms. The number of halogens is 2. The lowest BCUT2D eigenvalue weighted by atomic mass is 10.2. The van der Waals surface area contributed by atoms with Gasteiger partial charge in [0.2, 0.25) is 10.0 Å². The van der Waals surface area contributed by atoms with Gasteiger partial charge in [-0.3, -0.25) is 4.79 Å². The summed E-state index contributed by atoms with van der Waals surface area (Å²) in [4.78, 5) is 11.9. The van der Waals surface area contributed by atoms with Crippen LogP contribution in [0.2, 0.25) is 10.0 Å². The largest absolute Gasteiger partial charge is 0.460 e. The molecule has 0 spiro atoms. The Morgan fingerprint density at radius 1 is 1.12 bits per heavy atom. The Hall–Kier alpha value is -1.60. The van der Waals surface area contributed by atoms with Crippen LogP contribution in [-0.4, -0.2) is 20.4 Å². The van der Waals surface area contributed by atoms with Crippen molar-refractivity contribution < 1.29 is 17.9 Å². The predicted molar refractivity (Wildman–Crippen MR) is 92.5 cm³/mol. The first-order chi connectivity index (χ1) is 11.3. The highest BCUT2D eigenvalue weighted by Gasteiger charge is 2.23. The first-order valence-corrected chi connectivity index (χ1v) is 9.21. The lowest BCUT2D eigenvalue weighted by molar-refractivity contribution is -0.146. The fourth-order valence-electron chi connectivity index (χ4n) is 1.85. The highest BCUT2D eigenvalue weighted by atomic mass is 35.5. The summed E-state index contributed by atoms with van der Waals surface area (Å²) in [6.07, 6.45) is 0. The summed E-state index contributed by atoms with van der Waals surface area (Å²) >= 11 is 11.6. The van der Waals surface area contributed by atoms with E-state index >= 15 is 0 Å². The molecule has 2 aromatic rings. The zero-order chi connectivity index (χ0) is 17.7. The van der Waals surface area contributed by atoms with E-state index in [1.54, 1.807) is 12.1 Å². The third-order valence-electron chi connectivity index (χ3n) is 3.11. The van der Waals surface area contributed by atoms with Crippen molar-refractivity contribution in [2.24, 2.45) is 0 Å². The molecule has 0 aliphatic carbocycles. The maximum absolute atomic E-state index is 12.3. The molecule has 0 radical (unpaired) electrons. The highest BCUT2D eigenvalue weighted by molar-refractivity contribution is 7.89. The number of hydrogen-bond donors (Lipinski definition) is 1. The number of rotatable bonds is 6. The van der Waals surface area contributed by atoms with Crippen LogP contribution in [0, 0.1) is 0 Å². The second-order valence-corrected chi connectivity index (χ2v) is 7.54. The SMILES string of the molecule is C[C@H](NS(=O)(=O)c1ccc(Cl)c(Cl)c1)C(=O)OCc1ccccc1. The van der Waals surface area contributed by atoms with Crippen LogP contribution < -0.4 is 4.72 Å². The van der Waals surface area contributed by atoms with Crippen LogP contribution in [0.25, 0.3) is 0 Å². The molecule has 0 aromatic heterocycles. The topological polar surface area (TPSA) is 72.5 Å². The van der Waals surface area contributed by atoms with Crippen molar-refractivity contribution in [3.05, 3.63) is 64.1 Å². The molecule has 24 heavy (non-hydrogen) atoms. The first kappa shape index (κ1) is 18.7. The van der Waals surface area contributed by atoms with Crippen LogP contribution in [0.1, 0.15) is 12.5 Å². The second kappa shape index (κ2) is 7.98. The molecule has 1 N–H and O–H groups in total. The summed E-state index contributed by atoms with van der Waals surface area (Å²) < 4.78 is 31.9. The minimum atomic E-state index is -3.92. The smallest absolute Gasteiger partial charge is 0.324 e. The number of carbonyl (C=O) groups is 1. The number of carbonyl (C=O) groups excluding carboxylic acids is 1. The predicted octanol–water partition coefficient (Wildman–Crippen LogP) is 3.40. The minimum Gasteiger partial charge on any atom is -0.460 e. The third-order valence-corrected chi connectivity index (χ3v) is 5.39. The van der Waals surface area contributed by atoms with Gasteiger partial charge in [0, 0.05) is 0 Å². The number of ether oxygens (including phenoxy) is 1. The molecule has 0 aliphatic rings. The molecule has 0 aliphatic heterocycles. The summed E-state index contributed by atoms with van der Waals surface area (Å²) in [5, 5.41) is 0.352. The van der Waals surface area contributed by atoms with Gasteiger partial charge in [-0.2, -0.15) is 4.72 Å². The van der Waals surface area contributed by atoms with Crippen molar-refractivity contribution in [3.63, 3.8) is 0 Å². The molecule has 0 unspecified atom stereocenters. The molecule has 0 fully saturated rings. The van der Waals surface area contributed by atoms with Gasteiger partial charge in [0.1, 0.15) is 12.6 Å². The summed E-state index contributed by atoms with van der Waals surface area (Å²) in [5.41, 5.74) is 0.811. The second-order valence-electron chi connectivity index (χ2n) is 5.01. The maximum Gasteiger partial charge on any atom is 0.324 e. The molecule has 1 atom stereocenters. The molecule has 0 saturated heterocycles. The molecule has 0 saturated carbocycles. The summed E-state index contributed by atoms with van der Waals surface area (Å²) in [7, 11) is -3.92. The zero-order valence-electron chi connectivity index (χ0n) is 12.7. The fourth-order valence-corrected chi connectivity index (χ4v) is 3.43. The van der Waals surface area contributed by atoms with Gasteiger partial charge >= 0.3 is 5.97 Å². The van der Waals surface area contributed by atoms with E-state index in [-0.39, 0.29) is 21.5 Å². The lowest BCUT2D eigenvalue weighted by Crippen LogP contribution is -2.39. The monoisotopic (exact) mass is 387 g/mol. The van der Waals surface area contributed by atoms with Gasteiger partial charge in [-0.05, 0) is 30.7 Å². The van der Waals surface area contributed by atoms with Gasteiger partial charge in [0.05, 0.1) is 14.9 Å². The Balaban J connectivity index is 2.00. The van der Waals surface area contributed by atoms with Crippen LogP contribution in [0.4, 0.5) is 0 Å². The minimum absolute atomic E-state index is 0.0680. The average molecular weight is 388 g/mol. The normalized spacial score (nSPS) is 12.6. The van der Waals surface area contributed by atoms with Crippen LogP contribution in [0.5, 0.6) is 0 Å². The highest BCUT2D eigenvalue weighted by Crippen LogP contribution is 2.24. The van der Waals surface area contributed by atoms with Crippen LogP contribution in [-0.2, 0) is 26.2 Å². The van der Waals surface area contributed by atoms with Gasteiger partial charge in [-0.25, -0.2) is 8.42 Å². The molecular weight excluding hydrogens is 373 g/mol. The number of benzene rings is 2. The molecule has 2 aromatic carbocycles. The molecule has 0 heterocycles. The Bertz CT molecular complexity index is 825. The van der Waals surface area contributed by atoms with Crippen molar-refractivity contribution in [1.29, 1.82) is 0 Å². The number of hydrogen-bond acceptors (Lipinski definition) is 4. The van der Waals surface area contributed by atoms with Crippen molar-refractivity contribution in [2.45, 2.75) is 24.5 Å². The van der Waals surface area contributed by atoms with E-state index in [2.05, 4.69) is 4.72 Å². The molecule has 0 amide bonds. The van der Waals surface area contributed by atoms with E-state index in [0.29, 0.717) is 0 Å². The third kappa shape index (κ3) is 4.95. The maximum atomic E-state index is 12.3. The Morgan fingerprint density at radius 2 is 1.79 bits per heavy atom. The van der Waals surface area contributed by atoms with E-state index in [1.807, 2.05) is 18.2 Å². The standard InChI is InChI=1S/C16H15Cl2NO4S/c1-11(16(20)23-10-12-5-3-2-4-6-12)19-24(21,22)13-7-8-14(17)15(18)9-13/h2-9,11,19H,10H2,1H3/t11-/m0/s1. The van der Waals surface area contributed by atoms with Crippen molar-refractivity contribution in [3.8, 4) is 0 Å². The Kier molecular flexibility index (Phi) is 6.23. The van der Waals surface area contributed by atoms with Crippen molar-refractivity contribution >= 4 is 39.2 Å². The van der Waals surface area contributed by atoms with Gasteiger partial charge < -0.3 is 4.74 Å². The van der Waals surface area contributed by atoms with Gasteiger partial charge in [0.25, 0.3) is 0 Å². The van der Waals surface area contributed by atoms with E-state index < -0.39 is 22.0 Å². The van der Waals surface area contributed by atoms with Gasteiger partial charge in [-0.1, -0.05) is 53.5 Å². The van der Waals surface area contributed by atoms with Crippen LogP contribution in [0.15, 0.2) is 53.4 Å². The van der Waals surface area contributed by atoms with Crippen molar-refractivity contribution in [1.82, 2.24) is 4.72 Å². The van der Waals surface area contributed by atoms with Gasteiger partial charge in [-0.15, -0.1) is 0 Å². The van der Waals surface area contributed by atoms with E-state index in [4.69, 9.17) is 27.9 Å². The van der Waals surface area contributed by atoms with E-state index in [0.717, 1.165) is 5.56 Å². The fraction of sp³-hybridized carbons (Fsp3) is 0.188. The van der Waals surface area contributed by atoms with Crippen LogP contribution in [0.3, 0.4) is 0 Å². The summed E-state index contributed by atoms with van der Waals surface area (Å²) in [5.74, 6) is -0.678. The lowest BCUT2D eigenvalue weighted by Gasteiger charge is -2.14.